The maximum atomic E-state index is 14.3. The summed E-state index contributed by atoms with van der Waals surface area (Å²) in [5.74, 6) is -0.528. The lowest BCUT2D eigenvalue weighted by Crippen LogP contribution is -2.33. The number of fused-ring (bicyclic) bond motifs is 2. The molecule has 36 heavy (non-hydrogen) atoms. The fourth-order valence-corrected chi connectivity index (χ4v) is 5.19. The molecule has 0 N–H and O–H groups in total. The molecule has 0 unspecified atom stereocenters. The van der Waals surface area contributed by atoms with E-state index in [2.05, 4.69) is 31.9 Å². The fourth-order valence-electron chi connectivity index (χ4n) is 4.73. The van der Waals surface area contributed by atoms with E-state index in [1.807, 2.05) is 12.1 Å². The number of hydrogen-bond donors (Lipinski definition) is 0. The first-order valence-corrected chi connectivity index (χ1v) is 12.7. The molecule has 0 amide bonds. The van der Waals surface area contributed by atoms with Crippen molar-refractivity contribution in [3.63, 3.8) is 0 Å². The van der Waals surface area contributed by atoms with Crippen LogP contribution in [0.5, 0.6) is 5.75 Å². The maximum absolute atomic E-state index is 14.3. The van der Waals surface area contributed by atoms with Crippen LogP contribution in [0.3, 0.4) is 0 Å². The summed E-state index contributed by atoms with van der Waals surface area (Å²) in [5, 5.41) is 0.767. The van der Waals surface area contributed by atoms with Crippen LogP contribution in [0.1, 0.15) is 62.8 Å². The Balaban J connectivity index is 1.76. The molecule has 9 heteroatoms. The Kier molecular flexibility index (Phi) is 6.22. The summed E-state index contributed by atoms with van der Waals surface area (Å²) >= 11 is 0. The average Bonchev–Trinajstić information content (AvgIpc) is 2.76. The highest BCUT2D eigenvalue weighted by molar-refractivity contribution is 7.88. The summed E-state index contributed by atoms with van der Waals surface area (Å²) in [6.45, 7) is 8.51. The molecule has 0 atom stereocenters. The Labute approximate surface area is 206 Å². The first-order valence-electron chi connectivity index (χ1n) is 11.3. The molecule has 1 aliphatic carbocycles. The molecule has 0 spiro atoms. The second-order valence-electron chi connectivity index (χ2n) is 10.4. The third-order valence-electron chi connectivity index (χ3n) is 6.92. The van der Waals surface area contributed by atoms with Crippen LogP contribution in [0.15, 0.2) is 60.7 Å². The van der Waals surface area contributed by atoms with E-state index >= 15 is 0 Å². The van der Waals surface area contributed by atoms with Crippen molar-refractivity contribution in [3.05, 3.63) is 82.9 Å². The predicted molar refractivity (Wildman–Crippen MR) is 130 cm³/mol. The smallest absolute Gasteiger partial charge is 0.376 e. The largest absolute Gasteiger partial charge is 0.534 e. The molecule has 0 fully saturated rings. The van der Waals surface area contributed by atoms with E-state index in [9.17, 15) is 30.4 Å². The lowest BCUT2D eigenvalue weighted by Gasteiger charge is -2.42. The van der Waals surface area contributed by atoms with Crippen LogP contribution in [-0.2, 0) is 20.9 Å². The minimum Gasteiger partial charge on any atom is -0.376 e. The van der Waals surface area contributed by atoms with Crippen LogP contribution in [0.4, 0.5) is 22.0 Å². The van der Waals surface area contributed by atoms with E-state index in [1.54, 1.807) is 6.07 Å². The van der Waals surface area contributed by atoms with Crippen LogP contribution in [0, 0.1) is 0 Å². The van der Waals surface area contributed by atoms with Crippen molar-refractivity contribution in [1.29, 1.82) is 0 Å². The molecule has 0 heterocycles. The van der Waals surface area contributed by atoms with E-state index in [-0.39, 0.29) is 22.0 Å². The second-order valence-corrected chi connectivity index (χ2v) is 11.9. The highest BCUT2D eigenvalue weighted by Gasteiger charge is 2.48. The molecule has 3 aromatic rings. The predicted octanol–water partition coefficient (Wildman–Crippen LogP) is 8.07. The van der Waals surface area contributed by atoms with Crippen molar-refractivity contribution in [1.82, 2.24) is 0 Å². The highest BCUT2D eigenvalue weighted by atomic mass is 32.2. The van der Waals surface area contributed by atoms with Crippen LogP contribution >= 0.6 is 0 Å². The zero-order chi connectivity index (χ0) is 26.7. The van der Waals surface area contributed by atoms with Gasteiger partial charge in [-0.2, -0.15) is 30.4 Å². The van der Waals surface area contributed by atoms with E-state index in [4.69, 9.17) is 0 Å². The standard InChI is InChI=1S/C27H25F5O3S/c1-25(2)11-12-26(3,4)22-15-19(8-10-21(22)25)23(24(28)29)18-6-5-17-14-20(9-7-16(17)13-18)35-36(33,34)27(30,31)32/h5-10,13-15H,11-12H2,1-4H3. The van der Waals surface area contributed by atoms with Crippen molar-refractivity contribution < 1.29 is 34.6 Å². The van der Waals surface area contributed by atoms with Crippen molar-refractivity contribution in [3.8, 4) is 5.75 Å². The van der Waals surface area contributed by atoms with Gasteiger partial charge in [0.05, 0.1) is 5.57 Å². The third-order valence-corrected chi connectivity index (χ3v) is 7.90. The van der Waals surface area contributed by atoms with Crippen molar-refractivity contribution in [2.45, 2.75) is 56.9 Å². The van der Waals surface area contributed by atoms with Crippen LogP contribution in [0.2, 0.25) is 0 Å². The number of benzene rings is 3. The van der Waals surface area contributed by atoms with Gasteiger partial charge in [-0.1, -0.05) is 64.1 Å². The van der Waals surface area contributed by atoms with Crippen molar-refractivity contribution in [2.75, 3.05) is 0 Å². The molecule has 0 saturated carbocycles. The van der Waals surface area contributed by atoms with Gasteiger partial charge in [0.1, 0.15) is 5.75 Å². The molecule has 1 aliphatic rings. The monoisotopic (exact) mass is 524 g/mol. The van der Waals surface area contributed by atoms with Crippen LogP contribution < -0.4 is 4.18 Å². The van der Waals surface area contributed by atoms with Crippen LogP contribution in [0.25, 0.3) is 16.3 Å². The minimum atomic E-state index is -5.82. The summed E-state index contributed by atoms with van der Waals surface area (Å²) in [4.78, 5) is 0. The highest BCUT2D eigenvalue weighted by Crippen LogP contribution is 2.47. The fraction of sp³-hybridized carbons (Fsp3) is 0.333. The third kappa shape index (κ3) is 4.73. The van der Waals surface area contributed by atoms with Gasteiger partial charge in [-0.05, 0) is 74.9 Å². The molecule has 192 valence electrons. The van der Waals surface area contributed by atoms with Gasteiger partial charge in [0.2, 0.25) is 0 Å². The number of alkyl halides is 3. The lowest BCUT2D eigenvalue weighted by molar-refractivity contribution is -0.0500. The molecule has 0 aromatic heterocycles. The first-order chi connectivity index (χ1) is 16.5. The Bertz CT molecular complexity index is 1480. The molecule has 3 aromatic carbocycles. The molecular weight excluding hydrogens is 499 g/mol. The maximum Gasteiger partial charge on any atom is 0.534 e. The first kappa shape index (κ1) is 26.1. The van der Waals surface area contributed by atoms with Gasteiger partial charge in [0.25, 0.3) is 6.08 Å². The van der Waals surface area contributed by atoms with E-state index in [1.165, 1.54) is 24.3 Å². The average molecular weight is 525 g/mol. The molecular formula is C27H25F5O3S. The van der Waals surface area contributed by atoms with Gasteiger partial charge in [0.15, 0.2) is 0 Å². The SMILES string of the molecule is CC1(C)CCC(C)(C)c2cc(C(=C(F)F)c3ccc4cc(OS(=O)(=O)C(F)(F)F)ccc4c3)ccc21. The van der Waals surface area contributed by atoms with Crippen molar-refractivity contribution in [2.24, 2.45) is 0 Å². The molecule has 0 aliphatic heterocycles. The van der Waals surface area contributed by atoms with Gasteiger partial charge < -0.3 is 4.18 Å². The Hall–Kier alpha value is -2.94. The summed E-state index contributed by atoms with van der Waals surface area (Å²) < 4.78 is 93.2. The zero-order valence-corrected chi connectivity index (χ0v) is 20.9. The normalized spacial score (nSPS) is 16.9. The summed E-state index contributed by atoms with van der Waals surface area (Å²) in [5.41, 5.74) is -3.27. The molecule has 0 bridgehead atoms. The quantitative estimate of drug-likeness (QED) is 0.197. The second kappa shape index (κ2) is 8.57. The van der Waals surface area contributed by atoms with Crippen LogP contribution in [-0.4, -0.2) is 13.9 Å². The molecule has 0 radical (unpaired) electrons. The van der Waals surface area contributed by atoms with E-state index in [0.29, 0.717) is 16.3 Å². The summed E-state index contributed by atoms with van der Waals surface area (Å²) in [6, 6.07) is 13.3. The zero-order valence-electron chi connectivity index (χ0n) is 20.1. The summed E-state index contributed by atoms with van der Waals surface area (Å²) in [7, 11) is -5.82. The Morgan fingerprint density at radius 3 is 1.92 bits per heavy atom. The number of rotatable bonds is 4. The van der Waals surface area contributed by atoms with E-state index < -0.39 is 27.5 Å². The minimum absolute atomic E-state index is 0.0656. The topological polar surface area (TPSA) is 43.4 Å². The summed E-state index contributed by atoms with van der Waals surface area (Å²) in [6.07, 6.45) is 0.0592. The van der Waals surface area contributed by atoms with Gasteiger partial charge in [0, 0.05) is 0 Å². The lowest BCUT2D eigenvalue weighted by atomic mass is 9.63. The number of halogens is 5. The molecule has 0 saturated heterocycles. The van der Waals surface area contributed by atoms with Gasteiger partial charge >= 0.3 is 15.6 Å². The Morgan fingerprint density at radius 2 is 1.31 bits per heavy atom. The number of hydrogen-bond acceptors (Lipinski definition) is 3. The van der Waals surface area contributed by atoms with Gasteiger partial charge in [-0.3, -0.25) is 0 Å². The van der Waals surface area contributed by atoms with E-state index in [0.717, 1.165) is 36.1 Å². The molecule has 3 nitrogen and oxygen atoms in total. The van der Waals surface area contributed by atoms with Gasteiger partial charge in [-0.25, -0.2) is 0 Å². The molecule has 4 rings (SSSR count). The Morgan fingerprint density at radius 1 is 0.778 bits per heavy atom. The van der Waals surface area contributed by atoms with Crippen molar-refractivity contribution >= 4 is 26.5 Å². The van der Waals surface area contributed by atoms with Gasteiger partial charge in [-0.15, -0.1) is 0 Å².